The number of hydrogen-bond acceptors (Lipinski definition) is 5. The SMILES string of the molecule is CCC(C)NC(=O)CCc1csc(NS(=O)(=O)c2ccccc2)n1. The number of anilines is 1. The number of carbonyl (C=O) groups is 1. The summed E-state index contributed by atoms with van der Waals surface area (Å²) < 4.78 is 26.9. The smallest absolute Gasteiger partial charge is 0.263 e. The number of nitrogens with one attached hydrogen (secondary N) is 2. The van der Waals surface area contributed by atoms with Crippen LogP contribution in [-0.4, -0.2) is 25.4 Å². The molecule has 1 unspecified atom stereocenters. The van der Waals surface area contributed by atoms with E-state index < -0.39 is 10.0 Å². The third-order valence-electron chi connectivity index (χ3n) is 3.45. The first-order valence-corrected chi connectivity index (χ1v) is 10.1. The van der Waals surface area contributed by atoms with Crippen LogP contribution in [-0.2, 0) is 21.2 Å². The first kappa shape index (κ1) is 18.4. The third-order valence-corrected chi connectivity index (χ3v) is 5.75. The van der Waals surface area contributed by atoms with E-state index in [1.54, 1.807) is 23.6 Å². The van der Waals surface area contributed by atoms with Crippen molar-refractivity contribution >= 4 is 32.4 Å². The standard InChI is InChI=1S/C16H21N3O3S2/c1-3-12(2)17-15(20)10-9-13-11-23-16(18-13)19-24(21,22)14-7-5-4-6-8-14/h4-8,11-12H,3,9-10H2,1-2H3,(H,17,20)(H,18,19). The number of carbonyl (C=O) groups excluding carboxylic acids is 1. The molecule has 1 aromatic heterocycles. The lowest BCUT2D eigenvalue weighted by Gasteiger charge is -2.10. The summed E-state index contributed by atoms with van der Waals surface area (Å²) in [6, 6.07) is 8.29. The summed E-state index contributed by atoms with van der Waals surface area (Å²) in [5, 5.41) is 4.96. The number of rotatable bonds is 8. The zero-order valence-electron chi connectivity index (χ0n) is 13.7. The van der Waals surface area contributed by atoms with Crippen LogP contribution in [0.15, 0.2) is 40.6 Å². The van der Waals surface area contributed by atoms with Gasteiger partial charge in [0.15, 0.2) is 5.13 Å². The van der Waals surface area contributed by atoms with Gasteiger partial charge in [0, 0.05) is 17.8 Å². The molecule has 0 spiro atoms. The maximum Gasteiger partial charge on any atom is 0.263 e. The second kappa shape index (κ2) is 8.25. The van der Waals surface area contributed by atoms with Crippen molar-refractivity contribution < 1.29 is 13.2 Å². The number of benzene rings is 1. The predicted molar refractivity (Wildman–Crippen MR) is 95.6 cm³/mol. The van der Waals surface area contributed by atoms with Crippen LogP contribution in [0, 0.1) is 0 Å². The molecule has 1 amide bonds. The third kappa shape index (κ3) is 5.31. The summed E-state index contributed by atoms with van der Waals surface area (Å²) in [6.07, 6.45) is 1.69. The Morgan fingerprint density at radius 2 is 2.00 bits per heavy atom. The maximum atomic E-state index is 12.2. The fourth-order valence-electron chi connectivity index (χ4n) is 1.93. The molecule has 0 aliphatic rings. The van der Waals surface area contributed by atoms with E-state index in [2.05, 4.69) is 15.0 Å². The minimum atomic E-state index is -3.63. The lowest BCUT2D eigenvalue weighted by molar-refractivity contribution is -0.121. The van der Waals surface area contributed by atoms with Crippen LogP contribution in [0.1, 0.15) is 32.4 Å². The Labute approximate surface area is 146 Å². The first-order chi connectivity index (χ1) is 11.4. The zero-order valence-corrected chi connectivity index (χ0v) is 15.3. The number of hydrogen-bond donors (Lipinski definition) is 2. The molecular weight excluding hydrogens is 346 g/mol. The molecule has 130 valence electrons. The van der Waals surface area contributed by atoms with E-state index in [-0.39, 0.29) is 16.8 Å². The molecule has 1 atom stereocenters. The summed E-state index contributed by atoms with van der Waals surface area (Å²) in [6.45, 7) is 3.97. The van der Waals surface area contributed by atoms with Crippen molar-refractivity contribution in [2.75, 3.05) is 4.72 Å². The molecule has 0 radical (unpaired) electrons. The van der Waals surface area contributed by atoms with Crippen LogP contribution in [0.5, 0.6) is 0 Å². The normalized spacial score (nSPS) is 12.6. The molecule has 0 aliphatic heterocycles. The van der Waals surface area contributed by atoms with E-state index in [9.17, 15) is 13.2 Å². The highest BCUT2D eigenvalue weighted by molar-refractivity contribution is 7.93. The van der Waals surface area contributed by atoms with Crippen LogP contribution in [0.25, 0.3) is 0 Å². The van der Waals surface area contributed by atoms with Crippen molar-refractivity contribution in [2.24, 2.45) is 0 Å². The number of sulfonamides is 1. The number of thiazole rings is 1. The van der Waals surface area contributed by atoms with Gasteiger partial charge in [0.05, 0.1) is 10.6 Å². The monoisotopic (exact) mass is 367 g/mol. The van der Waals surface area contributed by atoms with Gasteiger partial charge >= 0.3 is 0 Å². The Hall–Kier alpha value is -1.93. The zero-order chi connectivity index (χ0) is 17.6. The summed E-state index contributed by atoms with van der Waals surface area (Å²) in [4.78, 5) is 16.2. The Balaban J connectivity index is 1.93. The highest BCUT2D eigenvalue weighted by Gasteiger charge is 2.16. The number of aromatic nitrogens is 1. The average Bonchev–Trinajstić information content (AvgIpc) is 3.00. The van der Waals surface area contributed by atoms with Crippen molar-refractivity contribution in [1.82, 2.24) is 10.3 Å². The van der Waals surface area contributed by atoms with Gasteiger partial charge in [0.25, 0.3) is 10.0 Å². The largest absolute Gasteiger partial charge is 0.354 e. The van der Waals surface area contributed by atoms with E-state index in [1.807, 2.05) is 13.8 Å². The van der Waals surface area contributed by atoms with Gasteiger partial charge in [0.2, 0.25) is 5.91 Å². The Bertz CT molecular complexity index is 773. The second-order valence-electron chi connectivity index (χ2n) is 5.44. The maximum absolute atomic E-state index is 12.2. The van der Waals surface area contributed by atoms with Crippen LogP contribution >= 0.6 is 11.3 Å². The molecule has 1 aromatic carbocycles. The molecule has 0 aliphatic carbocycles. The number of nitrogens with zero attached hydrogens (tertiary/aromatic N) is 1. The van der Waals surface area contributed by atoms with Crippen LogP contribution in [0.2, 0.25) is 0 Å². The number of amides is 1. The lowest BCUT2D eigenvalue weighted by Crippen LogP contribution is -2.32. The molecule has 1 heterocycles. The van der Waals surface area contributed by atoms with Gasteiger partial charge in [-0.25, -0.2) is 13.4 Å². The Kier molecular flexibility index (Phi) is 6.33. The van der Waals surface area contributed by atoms with E-state index in [4.69, 9.17) is 0 Å². The number of aryl methyl sites for hydroxylation is 1. The van der Waals surface area contributed by atoms with Gasteiger partial charge in [-0.05, 0) is 31.9 Å². The predicted octanol–water partition coefficient (Wildman–Crippen LogP) is 2.79. The van der Waals surface area contributed by atoms with Crippen molar-refractivity contribution in [2.45, 2.75) is 44.0 Å². The lowest BCUT2D eigenvalue weighted by atomic mass is 10.2. The molecule has 0 saturated heterocycles. The molecule has 6 nitrogen and oxygen atoms in total. The molecule has 0 saturated carbocycles. The van der Waals surface area contributed by atoms with Crippen LogP contribution in [0.4, 0.5) is 5.13 Å². The Morgan fingerprint density at radius 3 is 2.67 bits per heavy atom. The van der Waals surface area contributed by atoms with Gasteiger partial charge in [-0.1, -0.05) is 25.1 Å². The van der Waals surface area contributed by atoms with Gasteiger partial charge in [-0.3, -0.25) is 9.52 Å². The molecule has 24 heavy (non-hydrogen) atoms. The van der Waals surface area contributed by atoms with Gasteiger partial charge in [0.1, 0.15) is 0 Å². The van der Waals surface area contributed by atoms with Crippen molar-refractivity contribution in [1.29, 1.82) is 0 Å². The fourth-order valence-corrected chi connectivity index (χ4v) is 3.95. The van der Waals surface area contributed by atoms with Crippen LogP contribution in [0.3, 0.4) is 0 Å². The van der Waals surface area contributed by atoms with E-state index >= 15 is 0 Å². The van der Waals surface area contributed by atoms with Gasteiger partial charge in [-0.15, -0.1) is 11.3 Å². The fraction of sp³-hybridized carbons (Fsp3) is 0.375. The van der Waals surface area contributed by atoms with Gasteiger partial charge < -0.3 is 5.32 Å². The quantitative estimate of drug-likeness (QED) is 0.751. The molecule has 0 fully saturated rings. The Morgan fingerprint density at radius 1 is 1.29 bits per heavy atom. The average molecular weight is 367 g/mol. The second-order valence-corrected chi connectivity index (χ2v) is 7.98. The molecule has 0 bridgehead atoms. The summed E-state index contributed by atoms with van der Waals surface area (Å²) >= 11 is 1.21. The van der Waals surface area contributed by atoms with Crippen LogP contribution < -0.4 is 10.0 Å². The minimum absolute atomic E-state index is 0.0243. The van der Waals surface area contributed by atoms with E-state index in [0.29, 0.717) is 23.7 Å². The first-order valence-electron chi connectivity index (χ1n) is 7.72. The molecule has 2 aromatic rings. The highest BCUT2D eigenvalue weighted by Crippen LogP contribution is 2.20. The molecular formula is C16H21N3O3S2. The minimum Gasteiger partial charge on any atom is -0.354 e. The van der Waals surface area contributed by atoms with Crippen molar-refractivity contribution in [3.8, 4) is 0 Å². The molecule has 8 heteroatoms. The van der Waals surface area contributed by atoms with E-state index in [0.717, 1.165) is 6.42 Å². The summed E-state index contributed by atoms with van der Waals surface area (Å²) in [7, 11) is -3.63. The summed E-state index contributed by atoms with van der Waals surface area (Å²) in [5.74, 6) is -0.0243. The van der Waals surface area contributed by atoms with Crippen molar-refractivity contribution in [3.05, 3.63) is 41.4 Å². The molecule has 2 rings (SSSR count). The summed E-state index contributed by atoms with van der Waals surface area (Å²) in [5.41, 5.74) is 0.699. The van der Waals surface area contributed by atoms with E-state index in [1.165, 1.54) is 23.5 Å². The van der Waals surface area contributed by atoms with Gasteiger partial charge in [-0.2, -0.15) is 0 Å². The molecule has 2 N–H and O–H groups in total. The van der Waals surface area contributed by atoms with Crippen molar-refractivity contribution in [3.63, 3.8) is 0 Å². The highest BCUT2D eigenvalue weighted by atomic mass is 32.2. The topological polar surface area (TPSA) is 88.2 Å².